The summed E-state index contributed by atoms with van der Waals surface area (Å²) in [5.41, 5.74) is 0. The van der Waals surface area contributed by atoms with Crippen LogP contribution in [0, 0.1) is 11.6 Å². The number of ether oxygens (including phenoxy) is 1. The maximum Gasteiger partial charge on any atom is 1.00 e. The van der Waals surface area contributed by atoms with Crippen LogP contribution < -0.4 is 56.1 Å². The molecule has 1 aromatic rings. The molecule has 0 saturated heterocycles. The normalized spacial score (nSPS) is 10.7. The van der Waals surface area contributed by atoms with E-state index in [-0.39, 0.29) is 51.4 Å². The standard InChI is InChI=1S/C7H5BF5O.K/c9-5-1-6(10)3-7(2-5)14-4-8(11,12)13;/h1-3H,4H2;/q-1;+1. The molecule has 8 heteroatoms. The first-order valence-corrected chi connectivity index (χ1v) is 3.67. The van der Waals surface area contributed by atoms with Gasteiger partial charge in [-0.25, -0.2) is 8.78 Å². The molecule has 0 atom stereocenters. The van der Waals surface area contributed by atoms with Gasteiger partial charge in [0.15, 0.2) is 0 Å². The zero-order valence-corrected chi connectivity index (χ0v) is 10.9. The third-order valence-corrected chi connectivity index (χ3v) is 1.28. The van der Waals surface area contributed by atoms with Crippen molar-refractivity contribution in [2.75, 3.05) is 6.51 Å². The number of halogens is 5. The fourth-order valence-electron chi connectivity index (χ4n) is 0.803. The molecule has 0 N–H and O–H groups in total. The topological polar surface area (TPSA) is 9.23 Å². The number of hydrogen-bond acceptors (Lipinski definition) is 1. The Morgan fingerprint density at radius 2 is 1.47 bits per heavy atom. The molecule has 0 aliphatic carbocycles. The first kappa shape index (κ1) is 15.4. The summed E-state index contributed by atoms with van der Waals surface area (Å²) >= 11 is 0. The van der Waals surface area contributed by atoms with Crippen LogP contribution in [0.5, 0.6) is 5.75 Å². The molecule has 0 radical (unpaired) electrons. The molecule has 0 fully saturated rings. The van der Waals surface area contributed by atoms with Gasteiger partial charge in [0.2, 0.25) is 0 Å². The van der Waals surface area contributed by atoms with E-state index in [0.717, 1.165) is 0 Å². The number of rotatable bonds is 3. The van der Waals surface area contributed by atoms with Gasteiger partial charge < -0.3 is 17.7 Å². The molecule has 0 bridgehead atoms. The van der Waals surface area contributed by atoms with Crippen molar-refractivity contribution in [3.63, 3.8) is 0 Å². The van der Waals surface area contributed by atoms with Crippen LogP contribution in [-0.2, 0) is 0 Å². The number of hydrogen-bond donors (Lipinski definition) is 0. The Kier molecular flexibility index (Phi) is 6.34. The van der Waals surface area contributed by atoms with Crippen LogP contribution in [0.1, 0.15) is 0 Å². The van der Waals surface area contributed by atoms with Gasteiger partial charge in [0, 0.05) is 18.2 Å². The monoisotopic (exact) mass is 250 g/mol. The molecule has 1 aromatic carbocycles. The first-order chi connectivity index (χ1) is 6.37. The van der Waals surface area contributed by atoms with E-state index in [9.17, 15) is 21.7 Å². The summed E-state index contributed by atoms with van der Waals surface area (Å²) < 4.78 is 64.1. The first-order valence-electron chi connectivity index (χ1n) is 3.67. The van der Waals surface area contributed by atoms with E-state index < -0.39 is 30.9 Å². The molecule has 0 unspecified atom stereocenters. The molecule has 0 aliphatic rings. The fourth-order valence-corrected chi connectivity index (χ4v) is 0.803. The molecular weight excluding hydrogens is 245 g/mol. The largest absolute Gasteiger partial charge is 1.00 e. The molecule has 0 aliphatic heterocycles. The van der Waals surface area contributed by atoms with Crippen molar-refractivity contribution in [3.05, 3.63) is 29.8 Å². The van der Waals surface area contributed by atoms with E-state index in [2.05, 4.69) is 4.74 Å². The molecule has 0 heterocycles. The van der Waals surface area contributed by atoms with Crippen LogP contribution in [0.25, 0.3) is 0 Å². The van der Waals surface area contributed by atoms with Crippen LogP contribution in [0.15, 0.2) is 18.2 Å². The molecule has 15 heavy (non-hydrogen) atoms. The minimum atomic E-state index is -5.12. The van der Waals surface area contributed by atoms with Crippen LogP contribution in [-0.4, -0.2) is 13.5 Å². The second kappa shape index (κ2) is 6.19. The van der Waals surface area contributed by atoms with Crippen molar-refractivity contribution in [1.82, 2.24) is 0 Å². The van der Waals surface area contributed by atoms with Gasteiger partial charge in [-0.3, -0.25) is 0 Å². The summed E-state index contributed by atoms with van der Waals surface area (Å²) in [6.45, 7) is -6.63. The van der Waals surface area contributed by atoms with Crippen LogP contribution >= 0.6 is 0 Å². The molecular formula is C7H5BF5KO. The van der Waals surface area contributed by atoms with Gasteiger partial charge in [-0.05, 0) is 0 Å². The summed E-state index contributed by atoms with van der Waals surface area (Å²) in [5, 5.41) is 0. The van der Waals surface area contributed by atoms with Gasteiger partial charge in [-0.1, -0.05) is 0 Å². The number of benzene rings is 1. The Hall–Kier alpha value is 0.371. The summed E-state index contributed by atoms with van der Waals surface area (Å²) in [6, 6.07) is 1.92. The molecule has 78 valence electrons. The Morgan fingerprint density at radius 3 is 1.87 bits per heavy atom. The van der Waals surface area contributed by atoms with E-state index in [0.29, 0.717) is 18.2 Å². The summed E-state index contributed by atoms with van der Waals surface area (Å²) in [6.07, 6.45) is 0. The fraction of sp³-hybridized carbons (Fsp3) is 0.143. The van der Waals surface area contributed by atoms with Gasteiger partial charge >= 0.3 is 58.4 Å². The van der Waals surface area contributed by atoms with E-state index in [1.165, 1.54) is 0 Å². The van der Waals surface area contributed by atoms with Gasteiger partial charge in [0.25, 0.3) is 0 Å². The maximum absolute atomic E-state index is 12.5. The van der Waals surface area contributed by atoms with E-state index in [1.54, 1.807) is 0 Å². The van der Waals surface area contributed by atoms with Crippen molar-refractivity contribution >= 4 is 6.98 Å². The van der Waals surface area contributed by atoms with E-state index in [4.69, 9.17) is 0 Å². The summed E-state index contributed by atoms with van der Waals surface area (Å²) in [4.78, 5) is 0. The zero-order valence-electron chi connectivity index (χ0n) is 7.81. The molecule has 1 rings (SSSR count). The Labute approximate surface area is 125 Å². The predicted octanol–water partition coefficient (Wildman–Crippen LogP) is -0.266. The third kappa shape index (κ3) is 6.52. The van der Waals surface area contributed by atoms with Crippen LogP contribution in [0.2, 0.25) is 0 Å². The van der Waals surface area contributed by atoms with Crippen molar-refractivity contribution in [1.29, 1.82) is 0 Å². The predicted molar refractivity (Wildman–Crippen MR) is 40.9 cm³/mol. The smallest absolute Gasteiger partial charge is 0.522 e. The molecule has 1 nitrogen and oxygen atoms in total. The van der Waals surface area contributed by atoms with Gasteiger partial charge in [0.05, 0.1) is 6.51 Å². The van der Waals surface area contributed by atoms with Crippen molar-refractivity contribution in [3.8, 4) is 5.75 Å². The van der Waals surface area contributed by atoms with Crippen LogP contribution in [0.4, 0.5) is 21.7 Å². The van der Waals surface area contributed by atoms with Gasteiger partial charge in [-0.15, -0.1) is 0 Å². The average Bonchev–Trinajstić information content (AvgIpc) is 1.97. The van der Waals surface area contributed by atoms with E-state index >= 15 is 0 Å². The van der Waals surface area contributed by atoms with Crippen molar-refractivity contribution in [2.24, 2.45) is 0 Å². The maximum atomic E-state index is 12.5. The van der Waals surface area contributed by atoms with Crippen molar-refractivity contribution in [2.45, 2.75) is 0 Å². The summed E-state index contributed by atoms with van der Waals surface area (Å²) in [5.74, 6) is -2.42. The molecule has 0 saturated carbocycles. The minimum absolute atomic E-state index is 0. The zero-order chi connectivity index (χ0) is 10.8. The minimum Gasteiger partial charge on any atom is -0.522 e. The quantitative estimate of drug-likeness (QED) is 0.530. The Balaban J connectivity index is 0.00000196. The third-order valence-electron chi connectivity index (χ3n) is 1.28. The van der Waals surface area contributed by atoms with Gasteiger partial charge in [0.1, 0.15) is 17.4 Å². The second-order valence-electron chi connectivity index (χ2n) is 2.63. The Morgan fingerprint density at radius 1 is 1.00 bits per heavy atom. The SMILES string of the molecule is Fc1cc(F)cc(OC[B-](F)(F)F)c1.[K+]. The Bertz CT molecular complexity index is 309. The van der Waals surface area contributed by atoms with Crippen molar-refractivity contribution < 1.29 is 77.8 Å². The molecule has 0 aromatic heterocycles. The van der Waals surface area contributed by atoms with Crippen LogP contribution in [0.3, 0.4) is 0 Å². The second-order valence-corrected chi connectivity index (χ2v) is 2.63. The molecule has 0 spiro atoms. The van der Waals surface area contributed by atoms with Gasteiger partial charge in [-0.2, -0.15) is 0 Å². The summed E-state index contributed by atoms with van der Waals surface area (Å²) in [7, 11) is 0. The molecule has 0 amide bonds. The average molecular weight is 250 g/mol. The van der Waals surface area contributed by atoms with E-state index in [1.807, 2.05) is 0 Å².